The van der Waals surface area contributed by atoms with E-state index in [1.54, 1.807) is 12.1 Å². The number of nitrogens with two attached hydrogens (primary N) is 1. The molecule has 1 aliphatic rings. The molecule has 0 spiro atoms. The molecule has 0 saturated carbocycles. The molecule has 0 aliphatic carbocycles. The molecule has 4 rings (SSSR count). The Labute approximate surface area is 164 Å². The number of ether oxygens (including phenoxy) is 1. The number of hydrogen-bond acceptors (Lipinski definition) is 4. The molecule has 1 atom stereocenters. The molecule has 0 bridgehead atoms. The van der Waals surface area contributed by atoms with Crippen molar-refractivity contribution >= 4 is 5.91 Å². The minimum Gasteiger partial charge on any atom is -0.378 e. The van der Waals surface area contributed by atoms with Gasteiger partial charge in [-0.15, -0.1) is 0 Å². The Bertz CT molecular complexity index is 929. The Kier molecular flexibility index (Phi) is 5.48. The summed E-state index contributed by atoms with van der Waals surface area (Å²) in [7, 11) is 0. The van der Waals surface area contributed by atoms with E-state index in [2.05, 4.69) is 12.1 Å². The fourth-order valence-electron chi connectivity index (χ4n) is 3.51. The number of carbonyl (C=O) groups is 1. The highest BCUT2D eigenvalue weighted by Gasteiger charge is 2.18. The first-order valence-electron chi connectivity index (χ1n) is 9.68. The SMILES string of the molecule is NC(=O)c1ccc(-c2nc(CC[C@H]3CCCO3)n(Cc3ccccc3)n2)cc1. The van der Waals surface area contributed by atoms with Gasteiger partial charge in [-0.05, 0) is 37.0 Å². The van der Waals surface area contributed by atoms with E-state index in [4.69, 9.17) is 20.6 Å². The van der Waals surface area contributed by atoms with E-state index in [0.29, 0.717) is 24.0 Å². The predicted molar refractivity (Wildman–Crippen MR) is 107 cm³/mol. The van der Waals surface area contributed by atoms with Crippen LogP contribution in [0.2, 0.25) is 0 Å². The van der Waals surface area contributed by atoms with Crippen LogP contribution in [0.25, 0.3) is 11.4 Å². The highest BCUT2D eigenvalue weighted by Crippen LogP contribution is 2.21. The van der Waals surface area contributed by atoms with Gasteiger partial charge in [0.15, 0.2) is 5.82 Å². The molecule has 6 nitrogen and oxygen atoms in total. The van der Waals surface area contributed by atoms with Crippen molar-refractivity contribution in [2.75, 3.05) is 6.61 Å². The van der Waals surface area contributed by atoms with Crippen LogP contribution in [0.1, 0.15) is 41.0 Å². The summed E-state index contributed by atoms with van der Waals surface area (Å²) in [6.07, 6.45) is 4.35. The Morgan fingerprint density at radius 1 is 1.14 bits per heavy atom. The van der Waals surface area contributed by atoms with Crippen molar-refractivity contribution in [1.82, 2.24) is 14.8 Å². The maximum atomic E-state index is 11.3. The molecule has 3 aromatic rings. The lowest BCUT2D eigenvalue weighted by atomic mass is 10.1. The lowest BCUT2D eigenvalue weighted by Gasteiger charge is -2.09. The largest absolute Gasteiger partial charge is 0.378 e. The molecular formula is C22H24N4O2. The van der Waals surface area contributed by atoms with Gasteiger partial charge in [0.1, 0.15) is 5.82 Å². The van der Waals surface area contributed by atoms with Crippen molar-refractivity contribution in [2.45, 2.75) is 38.3 Å². The van der Waals surface area contributed by atoms with Gasteiger partial charge in [0, 0.05) is 24.2 Å². The van der Waals surface area contributed by atoms with Crippen molar-refractivity contribution < 1.29 is 9.53 Å². The summed E-state index contributed by atoms with van der Waals surface area (Å²) in [6, 6.07) is 17.3. The number of nitrogens with zero attached hydrogens (tertiary/aromatic N) is 3. The van der Waals surface area contributed by atoms with Crippen LogP contribution in [0.15, 0.2) is 54.6 Å². The van der Waals surface area contributed by atoms with Crippen LogP contribution >= 0.6 is 0 Å². The number of benzene rings is 2. The molecular weight excluding hydrogens is 352 g/mol. The summed E-state index contributed by atoms with van der Waals surface area (Å²) in [5, 5.41) is 4.74. The zero-order chi connectivity index (χ0) is 19.3. The smallest absolute Gasteiger partial charge is 0.248 e. The quantitative estimate of drug-likeness (QED) is 0.686. The zero-order valence-electron chi connectivity index (χ0n) is 15.8. The average molecular weight is 376 g/mol. The second-order valence-electron chi connectivity index (χ2n) is 7.11. The van der Waals surface area contributed by atoms with Gasteiger partial charge in [0.05, 0.1) is 12.6 Å². The average Bonchev–Trinajstić information content (AvgIpc) is 3.37. The molecule has 6 heteroatoms. The minimum atomic E-state index is -0.439. The number of aryl methyl sites for hydroxylation is 1. The molecule has 28 heavy (non-hydrogen) atoms. The second kappa shape index (κ2) is 8.35. The molecule has 1 aliphatic heterocycles. The van der Waals surface area contributed by atoms with Crippen LogP contribution in [0, 0.1) is 0 Å². The summed E-state index contributed by atoms with van der Waals surface area (Å²) in [6.45, 7) is 1.53. The lowest BCUT2D eigenvalue weighted by Crippen LogP contribution is -2.11. The third-order valence-corrected chi connectivity index (χ3v) is 5.07. The van der Waals surface area contributed by atoms with E-state index in [1.165, 1.54) is 5.56 Å². The first kappa shape index (κ1) is 18.4. The summed E-state index contributed by atoms with van der Waals surface area (Å²) >= 11 is 0. The summed E-state index contributed by atoms with van der Waals surface area (Å²) in [5.74, 6) is 1.17. The van der Waals surface area contributed by atoms with Gasteiger partial charge in [0.25, 0.3) is 0 Å². The molecule has 144 valence electrons. The third kappa shape index (κ3) is 4.28. The fourth-order valence-corrected chi connectivity index (χ4v) is 3.51. The highest BCUT2D eigenvalue weighted by atomic mass is 16.5. The fraction of sp³-hybridized carbons (Fsp3) is 0.318. The van der Waals surface area contributed by atoms with E-state index in [1.807, 2.05) is 35.0 Å². The third-order valence-electron chi connectivity index (χ3n) is 5.07. The minimum absolute atomic E-state index is 0.320. The number of hydrogen-bond donors (Lipinski definition) is 1. The molecule has 1 fully saturated rings. The predicted octanol–water partition coefficient (Wildman–Crippen LogP) is 3.20. The maximum Gasteiger partial charge on any atom is 0.248 e. The molecule has 2 N–H and O–H groups in total. The summed E-state index contributed by atoms with van der Waals surface area (Å²) in [5.41, 5.74) is 7.86. The first-order valence-corrected chi connectivity index (χ1v) is 9.68. The van der Waals surface area contributed by atoms with Gasteiger partial charge < -0.3 is 10.5 Å². The lowest BCUT2D eigenvalue weighted by molar-refractivity contribution is 0.1000. The number of aromatic nitrogens is 3. The van der Waals surface area contributed by atoms with Crippen LogP contribution in [0.5, 0.6) is 0 Å². The van der Waals surface area contributed by atoms with Crippen LogP contribution in [0.4, 0.5) is 0 Å². The van der Waals surface area contributed by atoms with Crippen molar-refractivity contribution in [3.8, 4) is 11.4 Å². The Morgan fingerprint density at radius 2 is 1.93 bits per heavy atom. The topological polar surface area (TPSA) is 83.0 Å². The molecule has 0 unspecified atom stereocenters. The van der Waals surface area contributed by atoms with E-state index in [-0.39, 0.29) is 0 Å². The first-order chi connectivity index (χ1) is 13.7. The molecule has 0 radical (unpaired) electrons. The summed E-state index contributed by atoms with van der Waals surface area (Å²) in [4.78, 5) is 16.1. The Morgan fingerprint density at radius 3 is 2.61 bits per heavy atom. The monoisotopic (exact) mass is 376 g/mol. The molecule has 1 aromatic heterocycles. The van der Waals surface area contributed by atoms with Gasteiger partial charge in [-0.1, -0.05) is 42.5 Å². The van der Waals surface area contributed by atoms with Crippen LogP contribution in [-0.2, 0) is 17.7 Å². The van der Waals surface area contributed by atoms with Crippen LogP contribution in [-0.4, -0.2) is 33.4 Å². The normalized spacial score (nSPS) is 16.4. The van der Waals surface area contributed by atoms with Crippen LogP contribution in [0.3, 0.4) is 0 Å². The number of carbonyl (C=O) groups excluding carboxylic acids is 1. The van der Waals surface area contributed by atoms with Gasteiger partial charge in [0.2, 0.25) is 5.91 Å². The number of amides is 1. The second-order valence-corrected chi connectivity index (χ2v) is 7.11. The van der Waals surface area contributed by atoms with E-state index in [0.717, 1.165) is 43.7 Å². The Balaban J connectivity index is 1.59. The van der Waals surface area contributed by atoms with Gasteiger partial charge in [-0.25, -0.2) is 9.67 Å². The number of primary amides is 1. The van der Waals surface area contributed by atoms with Gasteiger partial charge >= 0.3 is 0 Å². The molecule has 1 saturated heterocycles. The molecule has 2 aromatic carbocycles. The van der Waals surface area contributed by atoms with Crippen molar-refractivity contribution in [3.63, 3.8) is 0 Å². The van der Waals surface area contributed by atoms with Crippen molar-refractivity contribution in [2.24, 2.45) is 5.73 Å². The van der Waals surface area contributed by atoms with Crippen LogP contribution < -0.4 is 5.73 Å². The maximum absolute atomic E-state index is 11.3. The Hall–Kier alpha value is -2.99. The summed E-state index contributed by atoms with van der Waals surface area (Å²) < 4.78 is 7.73. The van der Waals surface area contributed by atoms with Gasteiger partial charge in [-0.2, -0.15) is 5.10 Å². The van der Waals surface area contributed by atoms with Gasteiger partial charge in [-0.3, -0.25) is 4.79 Å². The number of rotatable bonds is 7. The van der Waals surface area contributed by atoms with Crippen molar-refractivity contribution in [3.05, 3.63) is 71.5 Å². The standard InChI is InChI=1S/C22H24N4O2/c23-21(27)17-8-10-18(11-9-17)22-24-20(13-12-19-7-4-14-28-19)26(25-22)15-16-5-2-1-3-6-16/h1-3,5-6,8-11,19H,4,7,12-15H2,(H2,23,27)/t19-/m1/s1. The molecule has 2 heterocycles. The van der Waals surface area contributed by atoms with E-state index < -0.39 is 5.91 Å². The molecule has 1 amide bonds. The zero-order valence-corrected chi connectivity index (χ0v) is 15.8. The highest BCUT2D eigenvalue weighted by molar-refractivity contribution is 5.93. The van der Waals surface area contributed by atoms with Crippen molar-refractivity contribution in [1.29, 1.82) is 0 Å². The van der Waals surface area contributed by atoms with E-state index in [9.17, 15) is 4.79 Å². The van der Waals surface area contributed by atoms with E-state index >= 15 is 0 Å².